The molecule has 0 saturated carbocycles. The molecule has 0 aromatic carbocycles. The lowest BCUT2D eigenvalue weighted by atomic mass is 10.1. The van der Waals surface area contributed by atoms with Gasteiger partial charge in [0.05, 0.1) is 0 Å². The van der Waals surface area contributed by atoms with Gasteiger partial charge in [-0.25, -0.2) is 0 Å². The number of hydrogen-bond donors (Lipinski definition) is 2. The van der Waals surface area contributed by atoms with E-state index in [1.807, 2.05) is 0 Å². The molecule has 0 aliphatic carbocycles. The van der Waals surface area contributed by atoms with Crippen LogP contribution in [-0.2, 0) is 19.2 Å². The second-order valence-electron chi connectivity index (χ2n) is 6.65. The maximum absolute atomic E-state index is 12.4. The molecule has 24 heavy (non-hydrogen) atoms. The fraction of sp³-hybridized carbons (Fsp3) is 0.714. The molecule has 2 N–H and O–H groups in total. The Kier molecular flexibility index (Phi) is 2.98. The van der Waals surface area contributed by atoms with Gasteiger partial charge in [-0.2, -0.15) is 0 Å². The minimum absolute atomic E-state index is 0.213. The molecule has 0 aromatic heterocycles. The fourth-order valence-electron chi connectivity index (χ4n) is 4.68. The molecule has 130 valence electrons. The van der Waals surface area contributed by atoms with Gasteiger partial charge in [-0.05, 0) is 0 Å². The summed E-state index contributed by atoms with van der Waals surface area (Å²) in [4.78, 5) is 55.6. The number of amides is 4. The van der Waals surface area contributed by atoms with E-state index in [1.165, 1.54) is 37.5 Å². The normalized spacial score (nSPS) is 38.8. The fourth-order valence-corrected chi connectivity index (χ4v) is 4.68. The largest absolute Gasteiger partial charge is 0.299 e. The van der Waals surface area contributed by atoms with Crippen LogP contribution in [0.3, 0.4) is 0 Å². The van der Waals surface area contributed by atoms with Crippen molar-refractivity contribution < 1.29 is 19.2 Å². The smallest absolute Gasteiger partial charge is 0.222 e. The monoisotopic (exact) mass is 336 g/mol. The van der Waals surface area contributed by atoms with Crippen LogP contribution in [-0.4, -0.2) is 80.2 Å². The van der Waals surface area contributed by atoms with Crippen molar-refractivity contribution >= 4 is 23.6 Å². The lowest BCUT2D eigenvalue weighted by Gasteiger charge is -2.52. The molecule has 10 nitrogen and oxygen atoms in total. The molecule has 5 aliphatic rings. The quantitative estimate of drug-likeness (QED) is 0.510. The number of carbonyl (C=O) groups is 4. The molecule has 0 spiro atoms. The summed E-state index contributed by atoms with van der Waals surface area (Å²) in [6.45, 7) is 5.69. The summed E-state index contributed by atoms with van der Waals surface area (Å²) in [5.74, 6) is -0.919. The van der Waals surface area contributed by atoms with Crippen molar-refractivity contribution in [3.63, 3.8) is 0 Å². The SMILES string of the molecule is CC(=O)N1C2NC3NC2N(C(C)=O)C2C1N(C(C)=O)C3N2C(C)=O. The van der Waals surface area contributed by atoms with Gasteiger partial charge < -0.3 is 0 Å². The summed E-state index contributed by atoms with van der Waals surface area (Å²) in [5.41, 5.74) is 0. The summed E-state index contributed by atoms with van der Waals surface area (Å²) in [6.07, 6.45) is -3.22. The first-order valence-electron chi connectivity index (χ1n) is 7.93. The Morgan fingerprint density at radius 3 is 1.21 bits per heavy atom. The number of nitrogens with zero attached hydrogens (tertiary/aromatic N) is 4. The summed E-state index contributed by atoms with van der Waals surface area (Å²) in [5, 5.41) is 6.54. The highest BCUT2D eigenvalue weighted by atomic mass is 16.2. The van der Waals surface area contributed by atoms with Crippen LogP contribution in [0.25, 0.3) is 0 Å². The minimum atomic E-state index is -0.682. The Bertz CT molecular complexity index is 614. The van der Waals surface area contributed by atoms with Crippen molar-refractivity contribution in [1.29, 1.82) is 0 Å². The molecular weight excluding hydrogens is 316 g/mol. The lowest BCUT2D eigenvalue weighted by molar-refractivity contribution is -0.173. The van der Waals surface area contributed by atoms with E-state index >= 15 is 0 Å². The van der Waals surface area contributed by atoms with E-state index in [-0.39, 0.29) is 23.6 Å². The minimum Gasteiger partial charge on any atom is -0.299 e. The van der Waals surface area contributed by atoms with Gasteiger partial charge in [-0.15, -0.1) is 0 Å². The highest BCUT2D eigenvalue weighted by Crippen LogP contribution is 2.44. The van der Waals surface area contributed by atoms with Gasteiger partial charge in [0, 0.05) is 27.7 Å². The van der Waals surface area contributed by atoms with Crippen LogP contribution < -0.4 is 10.6 Å². The number of rotatable bonds is 0. The summed E-state index contributed by atoms with van der Waals surface area (Å²) in [7, 11) is 0. The lowest BCUT2D eigenvalue weighted by Crippen LogP contribution is -2.75. The van der Waals surface area contributed by atoms with Crippen molar-refractivity contribution in [3.8, 4) is 0 Å². The van der Waals surface area contributed by atoms with Gasteiger partial charge in [-0.3, -0.25) is 49.4 Å². The van der Waals surface area contributed by atoms with E-state index in [1.54, 1.807) is 9.80 Å². The van der Waals surface area contributed by atoms with E-state index in [0.29, 0.717) is 0 Å². The van der Waals surface area contributed by atoms with Gasteiger partial charge in [0.25, 0.3) is 0 Å². The van der Waals surface area contributed by atoms with Crippen LogP contribution in [0.1, 0.15) is 27.7 Å². The molecule has 10 heteroatoms. The first-order valence-corrected chi connectivity index (χ1v) is 7.93. The molecule has 5 heterocycles. The highest BCUT2D eigenvalue weighted by Gasteiger charge is 2.69. The van der Waals surface area contributed by atoms with Gasteiger partial charge in [0.1, 0.15) is 37.0 Å². The van der Waals surface area contributed by atoms with Crippen molar-refractivity contribution in [2.75, 3.05) is 0 Å². The van der Waals surface area contributed by atoms with Crippen LogP contribution >= 0.6 is 0 Å². The van der Waals surface area contributed by atoms with E-state index < -0.39 is 37.0 Å². The van der Waals surface area contributed by atoms with Crippen LogP contribution in [0.2, 0.25) is 0 Å². The molecule has 0 radical (unpaired) electrons. The average Bonchev–Trinajstić information content (AvgIpc) is 2.92. The van der Waals surface area contributed by atoms with Gasteiger partial charge in [0.15, 0.2) is 0 Å². The number of hydrogen-bond acceptors (Lipinski definition) is 6. The van der Waals surface area contributed by atoms with Crippen molar-refractivity contribution in [1.82, 2.24) is 30.2 Å². The van der Waals surface area contributed by atoms with Crippen LogP contribution in [0.15, 0.2) is 0 Å². The number of piperazine rings is 1. The Morgan fingerprint density at radius 2 is 0.917 bits per heavy atom. The molecule has 4 atom stereocenters. The van der Waals surface area contributed by atoms with Crippen LogP contribution in [0, 0.1) is 0 Å². The molecule has 6 bridgehead atoms. The van der Waals surface area contributed by atoms with Crippen molar-refractivity contribution in [2.45, 2.75) is 64.7 Å². The van der Waals surface area contributed by atoms with Crippen LogP contribution in [0.5, 0.6) is 0 Å². The predicted molar refractivity (Wildman–Crippen MR) is 79.1 cm³/mol. The van der Waals surface area contributed by atoms with Crippen LogP contribution in [0.4, 0.5) is 0 Å². The van der Waals surface area contributed by atoms with E-state index in [9.17, 15) is 19.2 Å². The highest BCUT2D eigenvalue weighted by molar-refractivity contribution is 5.84. The standard InChI is InChI=1S/C14H20N6O4/c1-5(21)17-10-11-16-9(15-10)12-19(7(3)23)13(17)14(18(11)6(2)22)20(12)8(4)24/h9-16H,1-4H3. The van der Waals surface area contributed by atoms with Gasteiger partial charge in [-0.1, -0.05) is 0 Å². The van der Waals surface area contributed by atoms with Crippen molar-refractivity contribution in [3.05, 3.63) is 0 Å². The first kappa shape index (κ1) is 15.3. The Morgan fingerprint density at radius 1 is 0.583 bits per heavy atom. The third-order valence-corrected chi connectivity index (χ3v) is 5.33. The maximum atomic E-state index is 12.4. The maximum Gasteiger partial charge on any atom is 0.222 e. The van der Waals surface area contributed by atoms with E-state index in [0.717, 1.165) is 0 Å². The van der Waals surface area contributed by atoms with Crippen molar-refractivity contribution in [2.24, 2.45) is 0 Å². The topological polar surface area (TPSA) is 105 Å². The number of carbonyl (C=O) groups excluding carboxylic acids is 4. The average molecular weight is 336 g/mol. The molecule has 5 fully saturated rings. The molecule has 0 aromatic rings. The third kappa shape index (κ3) is 1.62. The molecule has 5 rings (SSSR count). The van der Waals surface area contributed by atoms with E-state index in [2.05, 4.69) is 10.6 Å². The first-order chi connectivity index (χ1) is 11.3. The summed E-state index contributed by atoms with van der Waals surface area (Å²) in [6, 6.07) is 0. The second-order valence-corrected chi connectivity index (χ2v) is 6.65. The molecular formula is C14H20N6O4. The zero-order valence-electron chi connectivity index (χ0n) is 13.9. The van der Waals surface area contributed by atoms with E-state index in [4.69, 9.17) is 0 Å². The second kappa shape index (κ2) is 4.67. The summed E-state index contributed by atoms with van der Waals surface area (Å²) < 4.78 is 0. The Balaban J connectivity index is 1.96. The zero-order chi connectivity index (χ0) is 17.5. The van der Waals surface area contributed by atoms with Gasteiger partial charge in [0.2, 0.25) is 23.6 Å². The Labute approximate surface area is 138 Å². The Hall–Kier alpha value is -2.20. The number of nitrogens with one attached hydrogen (secondary N) is 2. The molecule has 4 unspecified atom stereocenters. The van der Waals surface area contributed by atoms with Gasteiger partial charge >= 0.3 is 0 Å². The third-order valence-electron chi connectivity index (χ3n) is 5.33. The zero-order valence-corrected chi connectivity index (χ0v) is 13.9. The summed E-state index contributed by atoms with van der Waals surface area (Å²) >= 11 is 0. The molecule has 5 saturated heterocycles. The predicted octanol–water partition coefficient (Wildman–Crippen LogP) is -2.43. The molecule has 4 amide bonds. The molecule has 5 aliphatic heterocycles.